The summed E-state index contributed by atoms with van der Waals surface area (Å²) in [6, 6.07) is 9.47. The topological polar surface area (TPSA) is 68.7 Å². The Bertz CT molecular complexity index is 955. The van der Waals surface area contributed by atoms with Crippen LogP contribution in [0.1, 0.15) is 25.7 Å². The molecule has 2 fully saturated rings. The molecular formula is C19H19F3N2O4S. The Morgan fingerprint density at radius 3 is 2.28 bits per heavy atom. The Balaban J connectivity index is 1.57. The quantitative estimate of drug-likeness (QED) is 0.726. The van der Waals surface area contributed by atoms with Gasteiger partial charge in [0.25, 0.3) is 0 Å². The molecule has 1 aromatic carbocycles. The maximum absolute atomic E-state index is 13.2. The van der Waals surface area contributed by atoms with Crippen LogP contribution in [0.5, 0.6) is 11.6 Å². The van der Waals surface area contributed by atoms with E-state index < -0.39 is 27.0 Å². The summed E-state index contributed by atoms with van der Waals surface area (Å²) >= 11 is 0. The summed E-state index contributed by atoms with van der Waals surface area (Å²) in [7, 11) is -4.16. The first-order valence-electron chi connectivity index (χ1n) is 9.20. The van der Waals surface area contributed by atoms with Crippen molar-refractivity contribution < 1.29 is 31.1 Å². The van der Waals surface area contributed by atoms with Gasteiger partial charge in [0.05, 0.1) is 0 Å². The molecule has 0 N–H and O–H groups in total. The maximum Gasteiger partial charge on any atom is 0.573 e. The molecule has 0 spiro atoms. The van der Waals surface area contributed by atoms with Crippen molar-refractivity contribution in [2.24, 2.45) is 0 Å². The van der Waals surface area contributed by atoms with Gasteiger partial charge in [-0.05, 0) is 31.0 Å². The summed E-state index contributed by atoms with van der Waals surface area (Å²) in [6.45, 7) is 0. The van der Waals surface area contributed by atoms with E-state index in [1.54, 1.807) is 24.4 Å². The number of alkyl halides is 3. The fourth-order valence-corrected chi connectivity index (χ4v) is 6.16. The van der Waals surface area contributed by atoms with Crippen molar-refractivity contribution in [2.75, 3.05) is 0 Å². The summed E-state index contributed by atoms with van der Waals surface area (Å²) in [4.78, 5) is 3.65. The predicted molar refractivity (Wildman–Crippen MR) is 96.8 cm³/mol. The van der Waals surface area contributed by atoms with Gasteiger partial charge < -0.3 is 9.47 Å². The van der Waals surface area contributed by atoms with E-state index in [2.05, 4.69) is 9.72 Å². The number of benzene rings is 1. The highest BCUT2D eigenvalue weighted by molar-refractivity contribution is 7.89. The Labute approximate surface area is 166 Å². The van der Waals surface area contributed by atoms with Crippen LogP contribution < -0.4 is 9.47 Å². The smallest absolute Gasteiger partial charge is 0.474 e. The van der Waals surface area contributed by atoms with Crippen LogP contribution in [0.15, 0.2) is 53.6 Å². The number of sulfonamides is 1. The molecule has 0 unspecified atom stereocenters. The summed E-state index contributed by atoms with van der Waals surface area (Å²) < 4.78 is 75.8. The average molecular weight is 428 g/mol. The summed E-state index contributed by atoms with van der Waals surface area (Å²) in [5.41, 5.74) is 0. The number of aromatic nitrogens is 1. The van der Waals surface area contributed by atoms with Gasteiger partial charge in [-0.3, -0.25) is 0 Å². The van der Waals surface area contributed by atoms with Gasteiger partial charge in [-0.2, -0.15) is 4.31 Å². The Hall–Kier alpha value is -2.33. The van der Waals surface area contributed by atoms with Crippen LogP contribution in [0.2, 0.25) is 0 Å². The monoisotopic (exact) mass is 428 g/mol. The highest BCUT2D eigenvalue weighted by Crippen LogP contribution is 2.42. The van der Waals surface area contributed by atoms with Gasteiger partial charge in [-0.25, -0.2) is 13.4 Å². The summed E-state index contributed by atoms with van der Waals surface area (Å²) in [5.74, 6) is -0.247. The second-order valence-electron chi connectivity index (χ2n) is 7.09. The van der Waals surface area contributed by atoms with E-state index in [-0.39, 0.29) is 18.2 Å². The molecule has 3 heterocycles. The Morgan fingerprint density at radius 2 is 1.66 bits per heavy atom. The van der Waals surface area contributed by atoms with Crippen molar-refractivity contribution in [1.82, 2.24) is 9.29 Å². The molecule has 0 amide bonds. The molecule has 6 nitrogen and oxygen atoms in total. The third-order valence-electron chi connectivity index (χ3n) is 5.18. The van der Waals surface area contributed by atoms with Crippen LogP contribution in [0.4, 0.5) is 13.2 Å². The highest BCUT2D eigenvalue weighted by atomic mass is 32.2. The van der Waals surface area contributed by atoms with Crippen molar-refractivity contribution in [1.29, 1.82) is 0 Å². The fraction of sp³-hybridized carbons (Fsp3) is 0.421. The molecule has 2 bridgehead atoms. The van der Waals surface area contributed by atoms with Crippen molar-refractivity contribution in [3.8, 4) is 11.6 Å². The molecule has 2 atom stereocenters. The van der Waals surface area contributed by atoms with Gasteiger partial charge in [-0.15, -0.1) is 13.2 Å². The molecule has 10 heteroatoms. The lowest BCUT2D eigenvalue weighted by atomic mass is 10.0. The largest absolute Gasteiger partial charge is 0.573 e. The minimum absolute atomic E-state index is 0.199. The van der Waals surface area contributed by atoms with Crippen LogP contribution in [-0.4, -0.2) is 42.3 Å². The number of rotatable bonds is 5. The Morgan fingerprint density at radius 1 is 1.00 bits per heavy atom. The van der Waals surface area contributed by atoms with E-state index in [1.165, 1.54) is 16.4 Å². The van der Waals surface area contributed by atoms with Crippen LogP contribution >= 0.6 is 0 Å². The van der Waals surface area contributed by atoms with Crippen LogP contribution in [0.3, 0.4) is 0 Å². The van der Waals surface area contributed by atoms with Gasteiger partial charge in [0, 0.05) is 37.2 Å². The Kier molecular flexibility index (Phi) is 5.16. The van der Waals surface area contributed by atoms with E-state index in [9.17, 15) is 21.6 Å². The first-order chi connectivity index (χ1) is 13.7. The van der Waals surface area contributed by atoms with Gasteiger partial charge in [0.2, 0.25) is 15.9 Å². The third kappa shape index (κ3) is 4.18. The lowest BCUT2D eigenvalue weighted by Gasteiger charge is -2.37. The SMILES string of the molecule is O=S(=O)(c1ccccc1OC(F)(F)F)N1[C@H]2CC[C@H]1CC(Oc1ccccn1)C2. The zero-order valence-electron chi connectivity index (χ0n) is 15.2. The lowest BCUT2D eigenvalue weighted by Crippen LogP contribution is -2.49. The molecule has 2 aromatic rings. The molecular weight excluding hydrogens is 409 g/mol. The van der Waals surface area contributed by atoms with E-state index in [1.807, 2.05) is 0 Å². The zero-order chi connectivity index (χ0) is 20.6. The predicted octanol–water partition coefficient (Wildman–Crippen LogP) is 3.74. The molecule has 0 radical (unpaired) electrons. The van der Waals surface area contributed by atoms with E-state index in [0.29, 0.717) is 31.6 Å². The molecule has 4 rings (SSSR count). The van der Waals surface area contributed by atoms with Gasteiger partial charge >= 0.3 is 6.36 Å². The summed E-state index contributed by atoms with van der Waals surface area (Å²) in [6.07, 6.45) is -1.39. The number of halogens is 3. The number of nitrogens with zero attached hydrogens (tertiary/aromatic N) is 2. The van der Waals surface area contributed by atoms with Gasteiger partial charge in [0.15, 0.2) is 0 Å². The molecule has 2 saturated heterocycles. The normalized spacial score (nSPS) is 25.0. The maximum atomic E-state index is 13.2. The second kappa shape index (κ2) is 7.49. The molecule has 156 valence electrons. The summed E-state index contributed by atoms with van der Waals surface area (Å²) in [5, 5.41) is 0. The molecule has 0 aliphatic carbocycles. The number of piperidine rings is 1. The lowest BCUT2D eigenvalue weighted by molar-refractivity contribution is -0.275. The molecule has 29 heavy (non-hydrogen) atoms. The van der Waals surface area contributed by atoms with Crippen LogP contribution in [0.25, 0.3) is 0 Å². The highest BCUT2D eigenvalue weighted by Gasteiger charge is 2.49. The molecule has 1 aromatic heterocycles. The second-order valence-corrected chi connectivity index (χ2v) is 8.91. The zero-order valence-corrected chi connectivity index (χ0v) is 16.1. The van der Waals surface area contributed by atoms with Gasteiger partial charge in [-0.1, -0.05) is 18.2 Å². The van der Waals surface area contributed by atoms with Crippen molar-refractivity contribution in [3.05, 3.63) is 48.7 Å². The van der Waals surface area contributed by atoms with Crippen molar-refractivity contribution in [3.63, 3.8) is 0 Å². The van der Waals surface area contributed by atoms with Gasteiger partial charge in [0.1, 0.15) is 16.7 Å². The van der Waals surface area contributed by atoms with E-state index >= 15 is 0 Å². The average Bonchev–Trinajstić information content (AvgIpc) is 2.94. The number of hydrogen-bond acceptors (Lipinski definition) is 5. The fourth-order valence-electron chi connectivity index (χ4n) is 4.15. The third-order valence-corrected chi connectivity index (χ3v) is 7.22. The van der Waals surface area contributed by atoms with E-state index in [0.717, 1.165) is 12.1 Å². The standard InChI is InChI=1S/C19H19F3N2O4S/c20-19(21,22)28-16-5-1-2-6-17(16)29(25,26)24-13-8-9-14(24)12-15(11-13)27-18-7-3-4-10-23-18/h1-7,10,13-15H,8-9,11-12H2/t13-,14-/m0/s1. The van der Waals surface area contributed by atoms with Crippen LogP contribution in [0, 0.1) is 0 Å². The molecule has 2 aliphatic heterocycles. The number of hydrogen-bond donors (Lipinski definition) is 0. The first-order valence-corrected chi connectivity index (χ1v) is 10.6. The number of para-hydroxylation sites is 1. The number of pyridine rings is 1. The minimum Gasteiger partial charge on any atom is -0.474 e. The number of ether oxygens (including phenoxy) is 2. The van der Waals surface area contributed by atoms with E-state index in [4.69, 9.17) is 4.74 Å². The molecule has 2 aliphatic rings. The number of fused-ring (bicyclic) bond motifs is 2. The minimum atomic E-state index is -4.98. The van der Waals surface area contributed by atoms with Crippen molar-refractivity contribution >= 4 is 10.0 Å². The molecule has 0 saturated carbocycles. The van der Waals surface area contributed by atoms with Crippen molar-refractivity contribution in [2.45, 2.75) is 55.1 Å². The first kappa shape index (κ1) is 20.0. The van der Waals surface area contributed by atoms with Crippen LogP contribution in [-0.2, 0) is 10.0 Å².